The van der Waals surface area contributed by atoms with Gasteiger partial charge >= 0.3 is 0 Å². The zero-order chi connectivity index (χ0) is 18.0. The zero-order valence-corrected chi connectivity index (χ0v) is 13.1. The predicted molar refractivity (Wildman–Crippen MR) is 84.2 cm³/mol. The fourth-order valence-electron chi connectivity index (χ4n) is 2.34. The molecule has 3 rings (SSSR count). The molecule has 4 nitrogen and oxygen atoms in total. The number of nitrogens with one attached hydrogen (secondary N) is 1. The number of rotatable bonds is 4. The predicted octanol–water partition coefficient (Wildman–Crippen LogP) is 4.00. The molecule has 7 heteroatoms. The lowest BCUT2D eigenvalue weighted by Gasteiger charge is -2.05. The van der Waals surface area contributed by atoms with Gasteiger partial charge in [0.2, 0.25) is 5.89 Å². The van der Waals surface area contributed by atoms with Crippen LogP contribution in [0.3, 0.4) is 0 Å². The molecule has 0 aliphatic carbocycles. The number of amides is 1. The minimum Gasteiger partial charge on any atom is -0.443 e. The van der Waals surface area contributed by atoms with Gasteiger partial charge in [-0.25, -0.2) is 18.2 Å². The Morgan fingerprint density at radius 2 is 1.80 bits per heavy atom. The van der Waals surface area contributed by atoms with Crippen molar-refractivity contribution in [3.8, 4) is 11.3 Å². The average molecular weight is 346 g/mol. The van der Waals surface area contributed by atoms with Crippen LogP contribution in [-0.4, -0.2) is 10.9 Å². The normalized spacial score (nSPS) is 10.7. The van der Waals surface area contributed by atoms with Crippen molar-refractivity contribution in [2.24, 2.45) is 0 Å². The SMILES string of the molecule is Cc1oc(CNC(=O)c2ccc(F)c(F)c2F)nc1-c1ccccc1. The van der Waals surface area contributed by atoms with Crippen LogP contribution in [0.1, 0.15) is 22.0 Å². The van der Waals surface area contributed by atoms with Crippen molar-refractivity contribution < 1.29 is 22.4 Å². The van der Waals surface area contributed by atoms with Gasteiger partial charge in [-0.1, -0.05) is 30.3 Å². The van der Waals surface area contributed by atoms with Gasteiger partial charge in [0.1, 0.15) is 11.5 Å². The lowest BCUT2D eigenvalue weighted by molar-refractivity contribution is 0.0941. The summed E-state index contributed by atoms with van der Waals surface area (Å²) in [5.41, 5.74) is 0.891. The highest BCUT2D eigenvalue weighted by atomic mass is 19.2. The summed E-state index contributed by atoms with van der Waals surface area (Å²) in [6.07, 6.45) is 0. The molecule has 0 aliphatic heterocycles. The monoisotopic (exact) mass is 346 g/mol. The van der Waals surface area contributed by atoms with Crippen molar-refractivity contribution in [3.63, 3.8) is 0 Å². The van der Waals surface area contributed by atoms with Crippen LogP contribution >= 0.6 is 0 Å². The molecule has 0 spiro atoms. The first-order chi connectivity index (χ1) is 12.0. The Morgan fingerprint density at radius 1 is 1.08 bits per heavy atom. The van der Waals surface area contributed by atoms with E-state index in [1.807, 2.05) is 30.3 Å². The number of aromatic nitrogens is 1. The number of aryl methyl sites for hydroxylation is 1. The van der Waals surface area contributed by atoms with Gasteiger partial charge < -0.3 is 9.73 Å². The van der Waals surface area contributed by atoms with Gasteiger partial charge in [0, 0.05) is 5.56 Å². The van der Waals surface area contributed by atoms with E-state index in [1.165, 1.54) is 0 Å². The summed E-state index contributed by atoms with van der Waals surface area (Å²) in [5, 5.41) is 2.37. The van der Waals surface area contributed by atoms with Crippen LogP contribution < -0.4 is 5.32 Å². The largest absolute Gasteiger partial charge is 0.443 e. The quantitative estimate of drug-likeness (QED) is 0.727. The molecule has 0 saturated carbocycles. The van der Waals surface area contributed by atoms with Crippen molar-refractivity contribution in [1.29, 1.82) is 0 Å². The Kier molecular flexibility index (Phi) is 4.56. The third-order valence-corrected chi connectivity index (χ3v) is 3.57. The second-order valence-electron chi connectivity index (χ2n) is 5.28. The number of oxazole rings is 1. The Morgan fingerprint density at radius 3 is 2.52 bits per heavy atom. The summed E-state index contributed by atoms with van der Waals surface area (Å²) < 4.78 is 45.2. The number of halogens is 3. The fourth-order valence-corrected chi connectivity index (χ4v) is 2.34. The summed E-state index contributed by atoms with van der Waals surface area (Å²) in [5.74, 6) is -4.70. The lowest BCUT2D eigenvalue weighted by Crippen LogP contribution is -2.24. The van der Waals surface area contributed by atoms with Gasteiger partial charge in [-0.3, -0.25) is 4.79 Å². The molecule has 2 aromatic carbocycles. The highest BCUT2D eigenvalue weighted by Crippen LogP contribution is 2.23. The molecule has 0 bridgehead atoms. The molecule has 128 valence electrons. The molecule has 0 atom stereocenters. The third kappa shape index (κ3) is 3.40. The maximum Gasteiger partial charge on any atom is 0.254 e. The summed E-state index contributed by atoms with van der Waals surface area (Å²) in [6.45, 7) is 1.61. The molecular formula is C18H13F3N2O2. The zero-order valence-electron chi connectivity index (χ0n) is 13.1. The molecule has 1 N–H and O–H groups in total. The van der Waals surface area contributed by atoms with E-state index in [1.54, 1.807) is 6.92 Å². The number of nitrogens with zero attached hydrogens (tertiary/aromatic N) is 1. The fraction of sp³-hybridized carbons (Fsp3) is 0.111. The first-order valence-corrected chi connectivity index (χ1v) is 7.41. The van der Waals surface area contributed by atoms with E-state index >= 15 is 0 Å². The second-order valence-corrected chi connectivity index (χ2v) is 5.28. The lowest BCUT2D eigenvalue weighted by atomic mass is 10.1. The van der Waals surface area contributed by atoms with Crippen molar-refractivity contribution in [2.45, 2.75) is 13.5 Å². The molecule has 25 heavy (non-hydrogen) atoms. The summed E-state index contributed by atoms with van der Waals surface area (Å²) >= 11 is 0. The van der Waals surface area contributed by atoms with Crippen molar-refractivity contribution in [1.82, 2.24) is 10.3 Å². The molecule has 3 aromatic rings. The van der Waals surface area contributed by atoms with Gasteiger partial charge in [0.15, 0.2) is 17.5 Å². The van der Waals surface area contributed by atoms with Crippen LogP contribution in [0.2, 0.25) is 0 Å². The van der Waals surface area contributed by atoms with Crippen LogP contribution in [0.5, 0.6) is 0 Å². The molecule has 1 amide bonds. The summed E-state index contributed by atoms with van der Waals surface area (Å²) in [7, 11) is 0. The number of hydrogen-bond acceptors (Lipinski definition) is 3. The van der Waals surface area contributed by atoms with E-state index in [2.05, 4.69) is 10.3 Å². The van der Waals surface area contributed by atoms with Crippen molar-refractivity contribution in [2.75, 3.05) is 0 Å². The minimum atomic E-state index is -1.69. The van der Waals surface area contributed by atoms with Gasteiger partial charge in [-0.05, 0) is 19.1 Å². The van der Waals surface area contributed by atoms with Crippen molar-refractivity contribution >= 4 is 5.91 Å². The first kappa shape index (κ1) is 16.8. The van der Waals surface area contributed by atoms with Crippen LogP contribution in [-0.2, 0) is 6.54 Å². The molecule has 0 unspecified atom stereocenters. The van der Waals surface area contributed by atoms with E-state index in [9.17, 15) is 18.0 Å². The number of benzene rings is 2. The minimum absolute atomic E-state index is 0.120. The summed E-state index contributed by atoms with van der Waals surface area (Å²) in [4.78, 5) is 16.2. The summed E-state index contributed by atoms with van der Waals surface area (Å²) in [6, 6.07) is 10.9. The molecule has 0 radical (unpaired) electrons. The Bertz CT molecular complexity index is 924. The topological polar surface area (TPSA) is 55.1 Å². The molecule has 0 saturated heterocycles. The smallest absolute Gasteiger partial charge is 0.254 e. The first-order valence-electron chi connectivity index (χ1n) is 7.41. The Balaban J connectivity index is 1.74. The van der Waals surface area contributed by atoms with Crippen molar-refractivity contribution in [3.05, 3.63) is 77.1 Å². The average Bonchev–Trinajstić information content (AvgIpc) is 2.99. The highest BCUT2D eigenvalue weighted by Gasteiger charge is 2.19. The van der Waals surface area contributed by atoms with E-state index in [0.29, 0.717) is 17.5 Å². The highest BCUT2D eigenvalue weighted by molar-refractivity contribution is 5.94. The van der Waals surface area contributed by atoms with E-state index in [0.717, 1.165) is 11.6 Å². The Hall–Kier alpha value is -3.09. The van der Waals surface area contributed by atoms with Crippen LogP contribution in [0.25, 0.3) is 11.3 Å². The standard InChI is InChI=1S/C18H13F3N2O2/c1-10-17(11-5-3-2-4-6-11)23-14(25-10)9-22-18(24)12-7-8-13(19)16(21)15(12)20/h2-8H,9H2,1H3,(H,22,24). The van der Waals surface area contributed by atoms with E-state index in [-0.39, 0.29) is 12.4 Å². The van der Waals surface area contributed by atoms with Gasteiger partial charge in [-0.15, -0.1) is 0 Å². The molecular weight excluding hydrogens is 333 g/mol. The molecule has 1 heterocycles. The van der Waals surface area contributed by atoms with E-state index < -0.39 is 28.9 Å². The maximum atomic E-state index is 13.6. The van der Waals surface area contributed by atoms with Gasteiger partial charge in [0.05, 0.1) is 12.1 Å². The van der Waals surface area contributed by atoms with Gasteiger partial charge in [-0.2, -0.15) is 0 Å². The second kappa shape index (κ2) is 6.80. The molecule has 0 fully saturated rings. The van der Waals surface area contributed by atoms with Crippen LogP contribution in [0.15, 0.2) is 46.9 Å². The Labute approximate surface area is 141 Å². The molecule has 1 aromatic heterocycles. The third-order valence-electron chi connectivity index (χ3n) is 3.57. The maximum absolute atomic E-state index is 13.6. The van der Waals surface area contributed by atoms with E-state index in [4.69, 9.17) is 4.42 Å². The molecule has 0 aliphatic rings. The number of carbonyl (C=O) groups excluding carboxylic acids is 1. The van der Waals surface area contributed by atoms with Crippen LogP contribution in [0.4, 0.5) is 13.2 Å². The van der Waals surface area contributed by atoms with Crippen LogP contribution in [0, 0.1) is 24.4 Å². The van der Waals surface area contributed by atoms with Gasteiger partial charge in [0.25, 0.3) is 5.91 Å². The number of hydrogen-bond donors (Lipinski definition) is 1. The number of carbonyl (C=O) groups is 1.